The molecular formula is C7H7Cl2N3O2. The Morgan fingerprint density at radius 1 is 1.43 bits per heavy atom. The molecule has 0 atom stereocenters. The Kier molecular flexibility index (Phi) is 3.49. The van der Waals surface area contributed by atoms with Crippen LogP contribution in [0.1, 0.15) is 12.7 Å². The van der Waals surface area contributed by atoms with E-state index < -0.39 is 5.97 Å². The molecule has 1 aromatic rings. The van der Waals surface area contributed by atoms with E-state index in [4.69, 9.17) is 28.9 Å². The van der Waals surface area contributed by atoms with Gasteiger partial charge in [-0.1, -0.05) is 23.2 Å². The fraction of sp³-hybridized carbons (Fsp3) is 0.286. The second-order valence-electron chi connectivity index (χ2n) is 2.42. The summed E-state index contributed by atoms with van der Waals surface area (Å²) < 4.78 is 4.66. The maximum absolute atomic E-state index is 10.5. The van der Waals surface area contributed by atoms with Crippen molar-refractivity contribution in [1.82, 2.24) is 9.97 Å². The van der Waals surface area contributed by atoms with Crippen LogP contribution in [0.25, 0.3) is 0 Å². The molecule has 0 spiro atoms. The van der Waals surface area contributed by atoms with Crippen LogP contribution < -0.4 is 5.73 Å². The lowest BCUT2D eigenvalue weighted by atomic mass is 10.5. The standard InChI is InChI=1S/C7H7Cl2N3O2/c1-3(13)14-2-4-11-6(8)5(10)7(9)12-4/h2,10H2,1H3. The normalized spacial score (nSPS) is 9.93. The van der Waals surface area contributed by atoms with Crippen molar-refractivity contribution < 1.29 is 9.53 Å². The summed E-state index contributed by atoms with van der Waals surface area (Å²) in [6.45, 7) is 1.20. The van der Waals surface area contributed by atoms with Crippen LogP contribution in [0, 0.1) is 0 Å². The zero-order valence-corrected chi connectivity index (χ0v) is 8.76. The summed E-state index contributed by atoms with van der Waals surface area (Å²) >= 11 is 11.3. The fourth-order valence-corrected chi connectivity index (χ4v) is 1.11. The molecule has 1 aromatic heterocycles. The van der Waals surface area contributed by atoms with Crippen molar-refractivity contribution in [3.05, 3.63) is 16.1 Å². The first-order valence-electron chi connectivity index (χ1n) is 3.61. The molecule has 0 saturated carbocycles. The minimum Gasteiger partial charge on any atom is -0.458 e. The first-order valence-corrected chi connectivity index (χ1v) is 4.37. The number of nitrogen functional groups attached to an aromatic ring is 1. The minimum atomic E-state index is -0.433. The lowest BCUT2D eigenvalue weighted by Crippen LogP contribution is -2.05. The topological polar surface area (TPSA) is 78.1 Å². The van der Waals surface area contributed by atoms with E-state index >= 15 is 0 Å². The number of esters is 1. The van der Waals surface area contributed by atoms with Gasteiger partial charge in [0.05, 0.1) is 0 Å². The lowest BCUT2D eigenvalue weighted by molar-refractivity contribution is -0.142. The van der Waals surface area contributed by atoms with Gasteiger partial charge in [0.2, 0.25) is 0 Å². The number of rotatable bonds is 2. The smallest absolute Gasteiger partial charge is 0.303 e. The highest BCUT2D eigenvalue weighted by Crippen LogP contribution is 2.23. The number of ether oxygens (including phenoxy) is 1. The minimum absolute atomic E-state index is 0.0483. The Hall–Kier alpha value is -1.07. The predicted molar refractivity (Wildman–Crippen MR) is 51.9 cm³/mol. The second kappa shape index (κ2) is 4.43. The van der Waals surface area contributed by atoms with Gasteiger partial charge in [0, 0.05) is 6.92 Å². The van der Waals surface area contributed by atoms with Crippen LogP contribution in [0.3, 0.4) is 0 Å². The monoisotopic (exact) mass is 235 g/mol. The zero-order valence-electron chi connectivity index (χ0n) is 7.25. The summed E-state index contributed by atoms with van der Waals surface area (Å²) in [5.41, 5.74) is 5.52. The molecule has 1 heterocycles. The molecule has 0 radical (unpaired) electrons. The molecule has 5 nitrogen and oxygen atoms in total. The number of carbonyl (C=O) groups is 1. The molecule has 0 aromatic carbocycles. The van der Waals surface area contributed by atoms with E-state index in [-0.39, 0.29) is 28.4 Å². The number of hydrogen-bond acceptors (Lipinski definition) is 5. The van der Waals surface area contributed by atoms with Gasteiger partial charge in [-0.05, 0) is 0 Å². The largest absolute Gasteiger partial charge is 0.458 e. The van der Waals surface area contributed by atoms with E-state index in [1.807, 2.05) is 0 Å². The molecule has 0 aliphatic rings. The van der Waals surface area contributed by atoms with Crippen LogP contribution in [0.15, 0.2) is 0 Å². The Morgan fingerprint density at radius 2 is 1.93 bits per heavy atom. The number of anilines is 1. The van der Waals surface area contributed by atoms with Crippen LogP contribution in [0.5, 0.6) is 0 Å². The molecule has 7 heteroatoms. The number of halogens is 2. The summed E-state index contributed by atoms with van der Waals surface area (Å²) in [7, 11) is 0. The molecule has 0 saturated heterocycles. The molecule has 0 unspecified atom stereocenters. The Balaban J connectivity index is 2.84. The van der Waals surface area contributed by atoms with Crippen molar-refractivity contribution in [1.29, 1.82) is 0 Å². The maximum Gasteiger partial charge on any atom is 0.303 e. The molecule has 0 fully saturated rings. The van der Waals surface area contributed by atoms with E-state index in [9.17, 15) is 4.79 Å². The van der Waals surface area contributed by atoms with E-state index in [0.29, 0.717) is 0 Å². The number of hydrogen-bond donors (Lipinski definition) is 1. The lowest BCUT2D eigenvalue weighted by Gasteiger charge is -2.04. The average Bonchev–Trinajstić information content (AvgIpc) is 2.10. The van der Waals surface area contributed by atoms with E-state index in [1.165, 1.54) is 6.92 Å². The highest BCUT2D eigenvalue weighted by atomic mass is 35.5. The third kappa shape index (κ3) is 2.71. The molecule has 0 aliphatic heterocycles. The van der Waals surface area contributed by atoms with Crippen LogP contribution in [0.2, 0.25) is 10.3 Å². The molecule has 1 rings (SSSR count). The molecule has 0 bridgehead atoms. The SMILES string of the molecule is CC(=O)OCc1nc(Cl)c(N)c(Cl)n1. The maximum atomic E-state index is 10.5. The number of carbonyl (C=O) groups excluding carboxylic acids is 1. The first kappa shape index (κ1) is 11.0. The quantitative estimate of drug-likeness (QED) is 0.620. The molecule has 0 amide bonds. The third-order valence-electron chi connectivity index (χ3n) is 1.30. The van der Waals surface area contributed by atoms with Crippen molar-refractivity contribution in [3.8, 4) is 0 Å². The van der Waals surface area contributed by atoms with Crippen molar-refractivity contribution in [2.45, 2.75) is 13.5 Å². The van der Waals surface area contributed by atoms with Gasteiger partial charge in [-0.25, -0.2) is 9.97 Å². The van der Waals surface area contributed by atoms with Crippen molar-refractivity contribution >= 4 is 34.9 Å². The first-order chi connectivity index (χ1) is 6.50. The van der Waals surface area contributed by atoms with Crippen molar-refractivity contribution in [2.24, 2.45) is 0 Å². The van der Waals surface area contributed by atoms with E-state index in [0.717, 1.165) is 0 Å². The summed E-state index contributed by atoms with van der Waals surface area (Å²) in [6, 6.07) is 0. The summed E-state index contributed by atoms with van der Waals surface area (Å²) in [4.78, 5) is 18.0. The zero-order chi connectivity index (χ0) is 10.7. The van der Waals surface area contributed by atoms with Crippen LogP contribution in [-0.2, 0) is 16.1 Å². The van der Waals surface area contributed by atoms with Crippen LogP contribution in [-0.4, -0.2) is 15.9 Å². The van der Waals surface area contributed by atoms with Gasteiger partial charge in [-0.3, -0.25) is 4.79 Å². The highest BCUT2D eigenvalue weighted by molar-refractivity contribution is 6.37. The third-order valence-corrected chi connectivity index (χ3v) is 1.88. The Labute approximate surface area is 90.2 Å². The van der Waals surface area contributed by atoms with Crippen molar-refractivity contribution in [3.63, 3.8) is 0 Å². The molecule has 14 heavy (non-hydrogen) atoms. The van der Waals surface area contributed by atoms with Gasteiger partial charge >= 0.3 is 5.97 Å². The van der Waals surface area contributed by atoms with Gasteiger partial charge in [-0.2, -0.15) is 0 Å². The number of nitrogens with zero attached hydrogens (tertiary/aromatic N) is 2. The number of nitrogens with two attached hydrogens (primary N) is 1. The van der Waals surface area contributed by atoms with E-state index in [2.05, 4.69) is 14.7 Å². The van der Waals surface area contributed by atoms with Gasteiger partial charge in [0.25, 0.3) is 0 Å². The molecule has 76 valence electrons. The summed E-state index contributed by atoms with van der Waals surface area (Å²) in [5.74, 6) is -0.220. The Bertz CT molecular complexity index is 347. The van der Waals surface area contributed by atoms with Gasteiger partial charge in [-0.15, -0.1) is 0 Å². The fourth-order valence-electron chi connectivity index (χ4n) is 0.688. The molecular weight excluding hydrogens is 229 g/mol. The van der Waals surface area contributed by atoms with Crippen LogP contribution >= 0.6 is 23.2 Å². The van der Waals surface area contributed by atoms with Crippen molar-refractivity contribution in [2.75, 3.05) is 5.73 Å². The number of aromatic nitrogens is 2. The van der Waals surface area contributed by atoms with Gasteiger partial charge in [0.15, 0.2) is 22.7 Å². The highest BCUT2D eigenvalue weighted by Gasteiger charge is 2.08. The Morgan fingerprint density at radius 3 is 2.36 bits per heavy atom. The van der Waals surface area contributed by atoms with E-state index in [1.54, 1.807) is 0 Å². The second-order valence-corrected chi connectivity index (χ2v) is 3.13. The molecule has 0 aliphatic carbocycles. The average molecular weight is 236 g/mol. The van der Waals surface area contributed by atoms with Gasteiger partial charge in [0.1, 0.15) is 5.69 Å². The van der Waals surface area contributed by atoms with Gasteiger partial charge < -0.3 is 10.5 Å². The summed E-state index contributed by atoms with van der Waals surface area (Å²) in [6.07, 6.45) is 0. The summed E-state index contributed by atoms with van der Waals surface area (Å²) in [5, 5.41) is 0.0966. The predicted octanol–water partition coefficient (Wildman–Crippen LogP) is 1.43. The van der Waals surface area contributed by atoms with Crippen LogP contribution in [0.4, 0.5) is 5.69 Å². The molecule has 2 N–H and O–H groups in total.